The van der Waals surface area contributed by atoms with E-state index in [9.17, 15) is 37.1 Å². The third-order valence-electron chi connectivity index (χ3n) is 26.4. The molecule has 30 nitrogen and oxygen atoms in total. The third-order valence-corrected chi connectivity index (χ3v) is 26.4. The van der Waals surface area contributed by atoms with Gasteiger partial charge in [0.15, 0.2) is 69.1 Å². The number of hydrogen-bond donors (Lipinski definition) is 3. The first-order valence-electron chi connectivity index (χ1n) is 46.9. The smallest absolute Gasteiger partial charge is 0.258 e. The molecule has 2 saturated heterocycles. The maximum Gasteiger partial charge on any atom is 0.258 e. The summed E-state index contributed by atoms with van der Waals surface area (Å²) < 4.78 is 77.7. The molecule has 0 radical (unpaired) electrons. The summed E-state index contributed by atoms with van der Waals surface area (Å²) in [6.07, 6.45) is 24.3. The minimum absolute atomic E-state index is 0.0933. The van der Waals surface area contributed by atoms with E-state index in [1.54, 1.807) is 57.4 Å². The molecule has 2 fully saturated rings. The minimum Gasteiger partial charge on any atom is -0.494 e. The van der Waals surface area contributed by atoms with Crippen LogP contribution in [0.2, 0.25) is 0 Å². The van der Waals surface area contributed by atoms with Crippen LogP contribution in [-0.2, 0) is 0 Å². The number of likely N-dealkylation sites (N-methyl/N-ethyl adjacent to an activating group) is 2. The molecular weight excluding hydrogens is 1790 g/mol. The molecule has 0 amide bonds. The average Bonchev–Trinajstić information content (AvgIpc) is 1.77. The van der Waals surface area contributed by atoms with Gasteiger partial charge < -0.3 is 53.1 Å². The highest BCUT2D eigenvalue weighted by Gasteiger charge is 2.35. The molecule has 0 saturated carbocycles. The fourth-order valence-electron chi connectivity index (χ4n) is 19.0. The van der Waals surface area contributed by atoms with E-state index >= 15 is 0 Å². The van der Waals surface area contributed by atoms with Gasteiger partial charge in [0.05, 0.1) is 41.3 Å². The van der Waals surface area contributed by atoms with Gasteiger partial charge in [-0.05, 0) is 250 Å². The fourth-order valence-corrected chi connectivity index (χ4v) is 19.0. The summed E-state index contributed by atoms with van der Waals surface area (Å²) >= 11 is 0. The topological polar surface area (TPSA) is 331 Å². The van der Waals surface area contributed by atoms with Crippen molar-refractivity contribution < 1.29 is 35.6 Å². The van der Waals surface area contributed by atoms with Crippen LogP contribution in [0.5, 0.6) is 5.75 Å². The molecule has 141 heavy (non-hydrogen) atoms. The van der Waals surface area contributed by atoms with E-state index in [0.717, 1.165) is 148 Å². The van der Waals surface area contributed by atoms with Crippen molar-refractivity contribution in [1.82, 2.24) is 92.6 Å². The van der Waals surface area contributed by atoms with Crippen molar-refractivity contribution in [3.63, 3.8) is 0 Å². The number of aromatic nitrogens is 14. The van der Waals surface area contributed by atoms with Gasteiger partial charge in [0.25, 0.3) is 27.8 Å². The predicted molar refractivity (Wildman–Crippen MR) is 538 cm³/mol. The Morgan fingerprint density at radius 1 is 0.362 bits per heavy atom. The van der Waals surface area contributed by atoms with Crippen LogP contribution < -0.4 is 53.4 Å². The Morgan fingerprint density at radius 3 is 1.11 bits per heavy atom. The van der Waals surface area contributed by atoms with E-state index in [4.69, 9.17) is 27.4 Å². The Bertz CT molecular complexity index is 8670. The summed E-state index contributed by atoms with van der Waals surface area (Å²) in [4.78, 5) is 110. The number of oxazole rings is 4. The van der Waals surface area contributed by atoms with Crippen LogP contribution in [0.25, 0.3) is 151 Å². The molecule has 20 heterocycles. The highest BCUT2D eigenvalue weighted by molar-refractivity contribution is 5.85. The van der Waals surface area contributed by atoms with Gasteiger partial charge in [0.1, 0.15) is 50.3 Å². The number of fused-ring (bicyclic) bond motifs is 10. The Morgan fingerprint density at radius 2 is 0.723 bits per heavy atom. The Hall–Kier alpha value is -16.1. The average molecular weight is 1890 g/mol. The maximum absolute atomic E-state index is 14.4. The molecule has 5 aromatic carbocycles. The number of ether oxygens (including phenoxy) is 1. The summed E-state index contributed by atoms with van der Waals surface area (Å²) in [7, 11) is 5.62. The van der Waals surface area contributed by atoms with E-state index in [2.05, 4.69) is 109 Å². The number of nitrogens with one attached hydrogen (secondary N) is 3. The molecule has 6 aliphatic rings. The Balaban J connectivity index is 0.000000104. The van der Waals surface area contributed by atoms with Gasteiger partial charge in [-0.1, -0.05) is 36.4 Å². The predicted octanol–water partition coefficient (Wildman–Crippen LogP) is 16.4. The number of benzene rings is 5. The van der Waals surface area contributed by atoms with Gasteiger partial charge in [0.2, 0.25) is 0 Å². The van der Waals surface area contributed by atoms with Crippen molar-refractivity contribution in [2.45, 2.75) is 72.3 Å². The van der Waals surface area contributed by atoms with Gasteiger partial charge in [-0.3, -0.25) is 46.0 Å². The van der Waals surface area contributed by atoms with Crippen LogP contribution in [0.4, 0.5) is 18.9 Å². The number of nitrogens with zero attached hydrogens (tertiary/aromatic N) is 17. The number of rotatable bonds is 11. The first kappa shape index (κ1) is 91.3. The molecular formula is C108H97F3N20O10. The molecule has 0 bridgehead atoms. The normalized spacial score (nSPS) is 16.3. The molecule has 3 N–H and O–H groups in total. The van der Waals surface area contributed by atoms with E-state index in [1.807, 2.05) is 142 Å². The van der Waals surface area contributed by atoms with E-state index in [-0.39, 0.29) is 44.6 Å². The zero-order valence-corrected chi connectivity index (χ0v) is 78.4. The standard InChI is InChI=1S/C22H19FN4O2.C22H23FN4O2.C22H20N4O2.C21H17FN4O2.C21H18N4O2/c1-13-24-22-17(23)9-16(10-19(22)29-13)18-11-21(28)27-12-15(3-4-20(27)25-18)14-5-7-26(2)8-6-14;1-29-20-6-4-14(9-17(20)23)18-10-22(28)27-12-16(5-7-21(27)25-18)26-11-15-3-2-8-24-19(15)13-26;1-14-23-18-5-3-16(11-20(18)28-14)19-12-22(27)26-13-17(4-6-21(26)24-19)15-7-9-25(2)10-8-15;1-12-24-21-16(22)8-15(9-18(21)28-12)17-10-20(27)26-11-14(2-3-19(26)25-17)13-4-6-23-7-5-13;1-13-23-17-4-2-15(10-19(17)27-13)18-11-21(26)25-12-16(3-5-20(25)24-18)14-6-8-22-9-7-14/h3-5,9-12H,6-8H2,1-2H3;4-7,9-10,12,15,19,24H,2-3,8,11,13H2,1H3;3-7,11-13H,8-10H2,1-2H3;2-4,8-11,23H,5-7H2,1H3;2-6,10-12,22H,7-9H2,1H3/t;15-,19+;;;/m.1.../s1. The summed E-state index contributed by atoms with van der Waals surface area (Å²) in [5.74, 6) is 1.36. The number of hydrogen-bond acceptors (Lipinski definition) is 25. The number of piperidine rings is 1. The van der Waals surface area contributed by atoms with Gasteiger partial charge in [-0.25, -0.2) is 58.0 Å². The van der Waals surface area contributed by atoms with Crippen molar-refractivity contribution in [2.75, 3.05) is 98.1 Å². The number of pyridine rings is 5. The molecule has 710 valence electrons. The molecule has 2 atom stereocenters. The van der Waals surface area contributed by atoms with Crippen LogP contribution in [-0.4, -0.2) is 176 Å². The molecule has 14 aromatic heterocycles. The summed E-state index contributed by atoms with van der Waals surface area (Å²) in [5, 5.41) is 10.2. The zero-order valence-electron chi connectivity index (χ0n) is 78.4. The molecule has 25 rings (SSSR count). The van der Waals surface area contributed by atoms with Gasteiger partial charge in [-0.15, -0.1) is 0 Å². The number of anilines is 1. The molecule has 33 heteroatoms. The van der Waals surface area contributed by atoms with Crippen LogP contribution in [0.15, 0.2) is 267 Å². The van der Waals surface area contributed by atoms with Crippen LogP contribution in [0.1, 0.15) is 84.3 Å². The monoisotopic (exact) mass is 1890 g/mol. The van der Waals surface area contributed by atoms with Gasteiger partial charge in [0, 0.05) is 175 Å². The molecule has 0 spiro atoms. The van der Waals surface area contributed by atoms with E-state index in [1.165, 1.54) is 93.5 Å². The second-order valence-electron chi connectivity index (χ2n) is 36.1. The summed E-state index contributed by atoms with van der Waals surface area (Å²) in [5.41, 5.74) is 21.9. The molecule has 0 aliphatic carbocycles. The lowest BCUT2D eigenvalue weighted by Crippen LogP contribution is -2.40. The van der Waals surface area contributed by atoms with Crippen LogP contribution >= 0.6 is 0 Å². The highest BCUT2D eigenvalue weighted by atomic mass is 19.1. The number of aryl methyl sites for hydroxylation is 4. The first-order valence-corrected chi connectivity index (χ1v) is 46.9. The number of halogens is 3. The maximum atomic E-state index is 14.4. The Kier molecular flexibility index (Phi) is 25.1. The third kappa shape index (κ3) is 19.3. The minimum atomic E-state index is -0.500. The van der Waals surface area contributed by atoms with Crippen LogP contribution in [0, 0.1) is 51.1 Å². The first-order chi connectivity index (χ1) is 68.4. The lowest BCUT2D eigenvalue weighted by Gasteiger charge is -2.24. The van der Waals surface area contributed by atoms with E-state index < -0.39 is 17.5 Å². The van der Waals surface area contributed by atoms with Crippen molar-refractivity contribution in [3.8, 4) is 62.0 Å². The second kappa shape index (κ2) is 38.7. The van der Waals surface area contributed by atoms with Crippen molar-refractivity contribution >= 4 is 101 Å². The summed E-state index contributed by atoms with van der Waals surface area (Å²) in [6, 6.07) is 49.2. The SMILES string of the molecule is COc1ccc(-c2cc(=O)n3cc(N4C[C@H]5CCCN[C@H]5C4)ccc3n2)cc1F.Cc1nc2c(F)cc(-c3cc(=O)n4cc(C5=CCN(C)CC5)ccc4n3)cc2o1.Cc1nc2c(F)cc(-c3cc(=O)n4cc(C5=CCNCC5)ccc4n3)cc2o1.Cc1nc2ccc(-c3cc(=O)n4cc(C5=CCN(C)CC5)ccc4n3)cc2o1.Cc1nc2ccc(-c3cc(=O)n4cc(C5=CCNCC5)ccc4n3)cc2o1. The number of methoxy groups -OCH3 is 1. The summed E-state index contributed by atoms with van der Waals surface area (Å²) in [6.45, 7) is 17.4. The molecule has 6 aliphatic heterocycles. The van der Waals surface area contributed by atoms with Crippen molar-refractivity contribution in [2.24, 2.45) is 5.92 Å². The molecule has 0 unspecified atom stereocenters. The van der Waals surface area contributed by atoms with Crippen LogP contribution in [0.3, 0.4) is 0 Å². The molecule has 19 aromatic rings. The van der Waals surface area contributed by atoms with Crippen molar-refractivity contribution in [3.05, 3.63) is 340 Å². The largest absolute Gasteiger partial charge is 0.494 e. The fraction of sp³-hybridized carbons (Fsp3) is 0.241. The van der Waals surface area contributed by atoms with Gasteiger partial charge in [-0.2, -0.15) is 0 Å². The van der Waals surface area contributed by atoms with E-state index in [0.29, 0.717) is 131 Å². The lowest BCUT2D eigenvalue weighted by molar-refractivity contribution is 0.340. The van der Waals surface area contributed by atoms with Gasteiger partial charge >= 0.3 is 0 Å². The quantitative estimate of drug-likeness (QED) is 0.108. The van der Waals surface area contributed by atoms with Crippen molar-refractivity contribution in [1.29, 1.82) is 0 Å². The highest BCUT2D eigenvalue weighted by Crippen LogP contribution is 2.36. The second-order valence-corrected chi connectivity index (χ2v) is 36.1. The zero-order chi connectivity index (χ0) is 97.0. The Labute approximate surface area is 802 Å². The lowest BCUT2D eigenvalue weighted by atomic mass is 9.94.